The molecule has 1 aliphatic heterocycles. The van der Waals surface area contributed by atoms with Crippen molar-refractivity contribution in [1.29, 1.82) is 0 Å². The molecule has 1 spiro atoms. The van der Waals surface area contributed by atoms with Crippen LogP contribution >= 0.6 is 11.6 Å². The molecule has 0 radical (unpaired) electrons. The predicted molar refractivity (Wildman–Crippen MR) is 128 cm³/mol. The molecule has 1 atom stereocenters. The van der Waals surface area contributed by atoms with Crippen LogP contribution < -0.4 is 16.2 Å². The summed E-state index contributed by atoms with van der Waals surface area (Å²) in [6.07, 6.45) is 8.46. The molecule has 2 aromatic carbocycles. The molecule has 32 heavy (non-hydrogen) atoms. The lowest BCUT2D eigenvalue weighted by Crippen LogP contribution is -2.45. The summed E-state index contributed by atoms with van der Waals surface area (Å²) in [6, 6.07) is 15.1. The van der Waals surface area contributed by atoms with E-state index in [4.69, 9.17) is 28.7 Å². The van der Waals surface area contributed by atoms with Gasteiger partial charge in [-0.1, -0.05) is 29.7 Å². The number of halogens is 1. The molecule has 0 amide bonds. The van der Waals surface area contributed by atoms with Crippen molar-refractivity contribution in [2.45, 2.75) is 32.2 Å². The van der Waals surface area contributed by atoms with Gasteiger partial charge in [0.05, 0.1) is 5.69 Å². The molecule has 6 heteroatoms. The number of hydrogen-bond donors (Lipinski definition) is 1. The van der Waals surface area contributed by atoms with E-state index in [9.17, 15) is 4.79 Å². The zero-order valence-electron chi connectivity index (χ0n) is 18.0. The Morgan fingerprint density at radius 1 is 1.19 bits per heavy atom. The maximum atomic E-state index is 12.9. The van der Waals surface area contributed by atoms with Crippen molar-refractivity contribution in [3.05, 3.63) is 86.4 Å². The predicted octanol–water partition coefficient (Wildman–Crippen LogP) is 4.02. The zero-order chi connectivity index (χ0) is 22.5. The molecule has 2 aliphatic rings. The zero-order valence-corrected chi connectivity index (χ0v) is 18.8. The molecule has 0 unspecified atom stereocenters. The van der Waals surface area contributed by atoms with Crippen molar-refractivity contribution < 1.29 is 0 Å². The molecule has 3 aromatic rings. The van der Waals surface area contributed by atoms with Gasteiger partial charge in [0, 0.05) is 35.8 Å². The first-order valence-corrected chi connectivity index (χ1v) is 11.2. The third kappa shape index (κ3) is 3.40. The number of anilines is 1. The third-order valence-corrected chi connectivity index (χ3v) is 7.31. The van der Waals surface area contributed by atoms with E-state index >= 15 is 0 Å². The van der Waals surface area contributed by atoms with Gasteiger partial charge in [-0.15, -0.1) is 6.42 Å². The summed E-state index contributed by atoms with van der Waals surface area (Å²) in [4.78, 5) is 19.9. The number of nitrogens with zero attached hydrogens (tertiary/aromatic N) is 3. The fourth-order valence-electron chi connectivity index (χ4n) is 5.30. The first-order valence-electron chi connectivity index (χ1n) is 10.9. The van der Waals surface area contributed by atoms with Crippen LogP contribution in [0.3, 0.4) is 0 Å². The molecule has 5 rings (SSSR count). The highest BCUT2D eigenvalue weighted by Crippen LogP contribution is 2.51. The fourth-order valence-corrected chi connectivity index (χ4v) is 5.48. The number of terminal acetylenes is 1. The van der Waals surface area contributed by atoms with E-state index in [1.807, 2.05) is 25.1 Å². The Morgan fingerprint density at radius 2 is 1.97 bits per heavy atom. The molecule has 162 valence electrons. The maximum absolute atomic E-state index is 12.9. The van der Waals surface area contributed by atoms with Gasteiger partial charge in [0.25, 0.3) is 5.56 Å². The van der Waals surface area contributed by atoms with Crippen LogP contribution in [0.15, 0.2) is 53.3 Å². The van der Waals surface area contributed by atoms with Crippen molar-refractivity contribution in [2.24, 2.45) is 11.1 Å². The Balaban J connectivity index is 1.37. The third-order valence-electron chi connectivity index (χ3n) is 7.07. The average molecular weight is 445 g/mol. The minimum Gasteiger partial charge on any atom is -0.356 e. The summed E-state index contributed by atoms with van der Waals surface area (Å²) in [5.41, 5.74) is 10.8. The largest absolute Gasteiger partial charge is 0.356 e. The lowest BCUT2D eigenvalue weighted by atomic mass is 9.73. The molecule has 2 N–H and O–H groups in total. The maximum Gasteiger partial charge on any atom is 0.260 e. The minimum atomic E-state index is -0.109. The van der Waals surface area contributed by atoms with Gasteiger partial charge in [-0.3, -0.25) is 9.36 Å². The Hall–Kier alpha value is -3.07. The number of aryl methyl sites for hydroxylation is 1. The van der Waals surface area contributed by atoms with E-state index in [1.54, 1.807) is 22.8 Å². The fraction of sp³-hybridized carbons (Fsp3) is 0.308. The Morgan fingerprint density at radius 3 is 2.66 bits per heavy atom. The smallest absolute Gasteiger partial charge is 0.260 e. The van der Waals surface area contributed by atoms with Crippen LogP contribution in [0, 0.1) is 24.7 Å². The first-order chi connectivity index (χ1) is 15.4. The monoisotopic (exact) mass is 444 g/mol. The van der Waals surface area contributed by atoms with E-state index in [0.29, 0.717) is 10.8 Å². The van der Waals surface area contributed by atoms with Gasteiger partial charge in [-0.2, -0.15) is 0 Å². The topological polar surface area (TPSA) is 64.2 Å². The highest BCUT2D eigenvalue weighted by molar-refractivity contribution is 6.30. The minimum absolute atomic E-state index is 0.0153. The number of fused-ring (bicyclic) bond motifs is 1. The molecule has 0 saturated carbocycles. The number of piperidine rings is 1. The van der Waals surface area contributed by atoms with Crippen LogP contribution in [0.1, 0.15) is 41.4 Å². The van der Waals surface area contributed by atoms with Crippen LogP contribution in [-0.4, -0.2) is 22.6 Å². The van der Waals surface area contributed by atoms with Gasteiger partial charge in [-0.05, 0) is 73.1 Å². The molecule has 0 bridgehead atoms. The van der Waals surface area contributed by atoms with Crippen LogP contribution in [0.5, 0.6) is 0 Å². The summed E-state index contributed by atoms with van der Waals surface area (Å²) in [5.74, 6) is 4.08. The van der Waals surface area contributed by atoms with Crippen LogP contribution in [-0.2, 0) is 6.42 Å². The van der Waals surface area contributed by atoms with E-state index in [1.165, 1.54) is 11.1 Å². The van der Waals surface area contributed by atoms with Gasteiger partial charge in [0.1, 0.15) is 11.6 Å². The van der Waals surface area contributed by atoms with Gasteiger partial charge in [0.2, 0.25) is 0 Å². The summed E-state index contributed by atoms with van der Waals surface area (Å²) < 4.78 is 1.59. The van der Waals surface area contributed by atoms with E-state index < -0.39 is 0 Å². The molecule has 2 heterocycles. The molecular formula is C26H25ClN4O. The van der Waals surface area contributed by atoms with Crippen molar-refractivity contribution in [3.63, 3.8) is 0 Å². The van der Waals surface area contributed by atoms with Crippen molar-refractivity contribution in [1.82, 2.24) is 9.55 Å². The SMILES string of the molecule is C#Cc1ccc2c(c1)[C@@H](N)C1(CCN(c3cc(=O)n(-c4cccc(Cl)c4)c(C)n3)CC1)C2. The normalized spacial score (nSPS) is 19.1. The second kappa shape index (κ2) is 7.81. The standard InChI is InChI=1S/C26H25ClN4O/c1-3-18-7-8-19-16-26(25(28)22(19)13-18)9-11-30(12-10-26)23-15-24(32)31(17(2)29-23)21-6-4-5-20(27)14-21/h1,4-8,13-15,25H,9-12,16,28H2,2H3/t25-/m1/s1. The molecule has 5 nitrogen and oxygen atoms in total. The van der Waals surface area contributed by atoms with Crippen molar-refractivity contribution >= 4 is 17.4 Å². The summed E-state index contributed by atoms with van der Waals surface area (Å²) >= 11 is 6.11. The number of rotatable bonds is 2. The van der Waals surface area contributed by atoms with Crippen molar-refractivity contribution in [3.8, 4) is 18.0 Å². The highest BCUT2D eigenvalue weighted by Gasteiger charge is 2.46. The second-order valence-corrected chi connectivity index (χ2v) is 9.31. The number of aromatic nitrogens is 2. The van der Waals surface area contributed by atoms with Gasteiger partial charge in [0.15, 0.2) is 0 Å². The van der Waals surface area contributed by atoms with E-state index in [2.05, 4.69) is 23.0 Å². The lowest BCUT2D eigenvalue weighted by molar-refractivity contribution is 0.187. The molecule has 1 saturated heterocycles. The van der Waals surface area contributed by atoms with E-state index in [0.717, 1.165) is 49.4 Å². The van der Waals surface area contributed by atoms with Gasteiger partial charge < -0.3 is 10.6 Å². The Bertz CT molecular complexity index is 1300. The van der Waals surface area contributed by atoms with Gasteiger partial charge in [-0.25, -0.2) is 4.98 Å². The number of benzene rings is 2. The molecule has 1 fully saturated rings. The summed E-state index contributed by atoms with van der Waals surface area (Å²) in [5, 5.41) is 0.586. The van der Waals surface area contributed by atoms with E-state index in [-0.39, 0.29) is 17.0 Å². The molecule has 1 aromatic heterocycles. The van der Waals surface area contributed by atoms with Gasteiger partial charge >= 0.3 is 0 Å². The molecule has 1 aliphatic carbocycles. The van der Waals surface area contributed by atoms with Crippen LogP contribution in [0.4, 0.5) is 5.82 Å². The summed E-state index contributed by atoms with van der Waals surface area (Å²) in [7, 11) is 0. The first kappa shape index (κ1) is 20.8. The molecular weight excluding hydrogens is 420 g/mol. The number of hydrogen-bond acceptors (Lipinski definition) is 4. The summed E-state index contributed by atoms with van der Waals surface area (Å²) in [6.45, 7) is 3.48. The van der Waals surface area contributed by atoms with Crippen LogP contribution in [0.25, 0.3) is 5.69 Å². The van der Waals surface area contributed by atoms with Crippen LogP contribution in [0.2, 0.25) is 5.02 Å². The average Bonchev–Trinajstić information content (AvgIpc) is 3.04. The Kier molecular flexibility index (Phi) is 5.08. The van der Waals surface area contributed by atoms with Crippen molar-refractivity contribution in [2.75, 3.05) is 18.0 Å². The second-order valence-electron chi connectivity index (χ2n) is 8.88. The quantitative estimate of drug-likeness (QED) is 0.606. The lowest BCUT2D eigenvalue weighted by Gasteiger charge is -2.42. The highest BCUT2D eigenvalue weighted by atomic mass is 35.5. The Labute approximate surface area is 192 Å². The number of nitrogens with two attached hydrogens (primary N) is 1.